The van der Waals surface area contributed by atoms with Crippen molar-refractivity contribution in [3.63, 3.8) is 0 Å². The molecule has 3 saturated heterocycles. The Kier molecular flexibility index (Phi) is 13.2. The quantitative estimate of drug-likeness (QED) is 0.0613. The van der Waals surface area contributed by atoms with Crippen molar-refractivity contribution in [3.05, 3.63) is 11.6 Å². The van der Waals surface area contributed by atoms with E-state index in [0.717, 1.165) is 44.0 Å². The Balaban J connectivity index is 0.887. The van der Waals surface area contributed by atoms with E-state index >= 15 is 0 Å². The van der Waals surface area contributed by atoms with Crippen LogP contribution < -0.4 is 0 Å². The second-order valence-electron chi connectivity index (χ2n) is 19.1. The zero-order valence-corrected chi connectivity index (χ0v) is 34.8. The van der Waals surface area contributed by atoms with Crippen LogP contribution in [0.25, 0.3) is 0 Å². The number of rotatable bonds is 11. The number of aliphatic hydroxyl groups is 9. The van der Waals surface area contributed by atoms with E-state index in [1.807, 2.05) is 0 Å². The number of ether oxygens (including phenoxy) is 8. The Morgan fingerprint density at radius 2 is 1.46 bits per heavy atom. The molecule has 9 N–H and O–H groups in total. The molecule has 346 valence electrons. The fourth-order valence-electron chi connectivity index (χ4n) is 12.9. The molecule has 4 aliphatic heterocycles. The van der Waals surface area contributed by atoms with E-state index in [1.54, 1.807) is 13.0 Å². The Hall–Kier alpha value is -1.76. The molecule has 0 aromatic carbocycles. The fraction of sp³-hybridized carbons (Fsp3) is 0.905. The molecule has 0 radical (unpaired) electrons. The van der Waals surface area contributed by atoms with Crippen LogP contribution in [0.1, 0.15) is 71.6 Å². The highest BCUT2D eigenvalue weighted by atomic mass is 16.8. The molecule has 0 aromatic heterocycles. The van der Waals surface area contributed by atoms with E-state index in [0.29, 0.717) is 25.7 Å². The number of cyclic esters (lactones) is 1. The number of carbonyl (C=O) groups is 2. The first-order chi connectivity index (χ1) is 29.0. The normalized spacial score (nSPS) is 53.6. The number of hydrogen-bond donors (Lipinski definition) is 9. The molecular formula is C42H64O19. The average Bonchev–Trinajstić information content (AvgIpc) is 3.80. The molecule has 3 unspecified atom stereocenters. The van der Waals surface area contributed by atoms with Gasteiger partial charge in [0.05, 0.1) is 31.0 Å². The monoisotopic (exact) mass is 872 g/mol. The van der Waals surface area contributed by atoms with Crippen molar-refractivity contribution in [1.29, 1.82) is 0 Å². The summed E-state index contributed by atoms with van der Waals surface area (Å²) >= 11 is 0. The molecule has 19 heteroatoms. The van der Waals surface area contributed by atoms with Crippen molar-refractivity contribution >= 4 is 12.3 Å². The van der Waals surface area contributed by atoms with Crippen LogP contribution in [-0.2, 0) is 47.5 Å². The number of methoxy groups -OCH3 is 1. The molecule has 4 aliphatic carbocycles. The Morgan fingerprint density at radius 1 is 0.770 bits per heavy atom. The molecule has 0 bridgehead atoms. The fourth-order valence-corrected chi connectivity index (χ4v) is 12.9. The highest BCUT2D eigenvalue weighted by Gasteiger charge is 2.69. The van der Waals surface area contributed by atoms with Crippen molar-refractivity contribution in [3.8, 4) is 0 Å². The summed E-state index contributed by atoms with van der Waals surface area (Å²) in [6.45, 7) is 2.83. The zero-order valence-electron chi connectivity index (χ0n) is 34.8. The molecule has 7 fully saturated rings. The Labute approximate surface area is 353 Å². The third kappa shape index (κ3) is 7.64. The van der Waals surface area contributed by atoms with Crippen molar-refractivity contribution in [2.24, 2.45) is 34.5 Å². The maximum atomic E-state index is 13.3. The number of aldehydes is 1. The first-order valence-corrected chi connectivity index (χ1v) is 21.9. The summed E-state index contributed by atoms with van der Waals surface area (Å²) < 4.78 is 46.4. The van der Waals surface area contributed by atoms with Gasteiger partial charge in [-0.15, -0.1) is 0 Å². The van der Waals surface area contributed by atoms with Gasteiger partial charge >= 0.3 is 5.97 Å². The van der Waals surface area contributed by atoms with Gasteiger partial charge in [0.1, 0.15) is 80.0 Å². The first kappa shape index (κ1) is 45.8. The number of fused-ring (bicyclic) bond motifs is 5. The maximum Gasteiger partial charge on any atom is 0.331 e. The van der Waals surface area contributed by atoms with Crippen molar-refractivity contribution < 1.29 is 93.4 Å². The number of aliphatic hydroxyl groups excluding tert-OH is 8. The van der Waals surface area contributed by atoms with Crippen LogP contribution in [0, 0.1) is 34.5 Å². The predicted molar refractivity (Wildman–Crippen MR) is 203 cm³/mol. The molecule has 61 heavy (non-hydrogen) atoms. The number of esters is 1. The molecule has 8 aliphatic rings. The van der Waals surface area contributed by atoms with Gasteiger partial charge in [-0.25, -0.2) is 4.79 Å². The van der Waals surface area contributed by atoms with Gasteiger partial charge in [-0.2, -0.15) is 0 Å². The van der Waals surface area contributed by atoms with Gasteiger partial charge in [-0.3, -0.25) is 0 Å². The third-order valence-corrected chi connectivity index (χ3v) is 16.3. The van der Waals surface area contributed by atoms with Crippen LogP contribution in [0.4, 0.5) is 0 Å². The summed E-state index contributed by atoms with van der Waals surface area (Å²) in [6.07, 6.45) is -13.2. The highest BCUT2D eigenvalue weighted by molar-refractivity contribution is 5.85. The lowest BCUT2D eigenvalue weighted by atomic mass is 9.43. The minimum Gasteiger partial charge on any atom is -0.458 e. The van der Waals surface area contributed by atoms with E-state index < -0.39 is 122 Å². The van der Waals surface area contributed by atoms with Crippen LogP contribution in [0.15, 0.2) is 11.6 Å². The van der Waals surface area contributed by atoms with Gasteiger partial charge in [0.15, 0.2) is 18.9 Å². The molecule has 0 amide bonds. The summed E-state index contributed by atoms with van der Waals surface area (Å²) in [6, 6.07) is 0. The Bertz CT molecular complexity index is 1620. The summed E-state index contributed by atoms with van der Waals surface area (Å²) in [5.41, 5.74) is -1.07. The lowest BCUT2D eigenvalue weighted by Crippen LogP contribution is -2.65. The van der Waals surface area contributed by atoms with Crippen LogP contribution in [0.5, 0.6) is 0 Å². The standard InChI is InChI=1S/C42H64O19/c1-18-35(61-38-33(51)31(49)29(47)26(60-38)16-56-37-32(50)30(48)28(46)25(14-43)59-37)36(54-3)34(52)39(57-18)58-21-6-10-41(17-44)20(13-21)4-5-24-23(41)7-9-40(2)22(8-11-42(24,40)53)19-12-27(45)55-15-19/h12,17-18,20-26,28-39,43,46-53H,4-11,13-16H2,1-3H3/t18-,20-,21+,22?,23?,24?,25-,26-,28-,29-,30-,31-,32-,33-,34-,35+,36+,37-,38+,39+,40-,41-,42+/m1/s1. The van der Waals surface area contributed by atoms with E-state index in [-0.39, 0.29) is 42.4 Å². The van der Waals surface area contributed by atoms with Gasteiger partial charge in [-0.1, -0.05) is 6.92 Å². The van der Waals surface area contributed by atoms with Gasteiger partial charge in [-0.05, 0) is 94.0 Å². The summed E-state index contributed by atoms with van der Waals surface area (Å²) in [5, 5.41) is 96.6. The molecule has 0 aromatic rings. The second-order valence-corrected chi connectivity index (χ2v) is 19.1. The molecule has 19 nitrogen and oxygen atoms in total. The predicted octanol–water partition coefficient (Wildman–Crippen LogP) is -2.06. The zero-order chi connectivity index (χ0) is 43.8. The topological polar surface area (TPSA) is 290 Å². The van der Waals surface area contributed by atoms with E-state index in [9.17, 15) is 55.5 Å². The largest absolute Gasteiger partial charge is 0.458 e. The summed E-state index contributed by atoms with van der Waals surface area (Å²) in [4.78, 5) is 25.3. The van der Waals surface area contributed by atoms with E-state index in [1.165, 1.54) is 7.11 Å². The Morgan fingerprint density at radius 3 is 2.13 bits per heavy atom. The van der Waals surface area contributed by atoms with Crippen LogP contribution >= 0.6 is 0 Å². The number of carbonyl (C=O) groups excluding carboxylic acids is 2. The van der Waals surface area contributed by atoms with Crippen LogP contribution in [-0.4, -0.2) is 189 Å². The molecule has 4 saturated carbocycles. The smallest absolute Gasteiger partial charge is 0.331 e. The third-order valence-electron chi connectivity index (χ3n) is 16.3. The molecular weight excluding hydrogens is 808 g/mol. The molecule has 23 atom stereocenters. The SMILES string of the molecule is CO[C@H]1[C@@H](O)[C@H](O[C@H]2CC[C@]3(C=O)C4CC[C@]5(C)C(C6=CC(=O)OC6)CC[C@]5(O)C4CC[C@@H]3C2)O[C@H](C)[C@@H]1O[C@@H]1O[C@H](CO[C@@H]2O[C@H](CO)[C@@H](O)[C@@H](O)[C@H]2O)[C@@H](O)[C@@H](O)[C@H]1O. The van der Waals surface area contributed by atoms with Crippen molar-refractivity contribution in [1.82, 2.24) is 0 Å². The van der Waals surface area contributed by atoms with E-state index in [2.05, 4.69) is 6.92 Å². The maximum absolute atomic E-state index is 13.3. The molecule has 4 heterocycles. The summed E-state index contributed by atoms with van der Waals surface area (Å²) in [5.74, 6) is -0.343. The van der Waals surface area contributed by atoms with E-state index in [4.69, 9.17) is 37.9 Å². The molecule has 8 rings (SSSR count). The van der Waals surface area contributed by atoms with Gasteiger partial charge in [0.2, 0.25) is 0 Å². The molecule has 0 spiro atoms. The first-order valence-electron chi connectivity index (χ1n) is 21.9. The lowest BCUT2D eigenvalue weighted by Gasteiger charge is -2.63. The van der Waals surface area contributed by atoms with Gasteiger partial charge in [0, 0.05) is 24.0 Å². The average molecular weight is 873 g/mol. The van der Waals surface area contributed by atoms with Crippen LogP contribution in [0.3, 0.4) is 0 Å². The van der Waals surface area contributed by atoms with Gasteiger partial charge < -0.3 is 88.6 Å². The number of hydrogen-bond acceptors (Lipinski definition) is 19. The lowest BCUT2D eigenvalue weighted by molar-refractivity contribution is -0.367. The highest BCUT2D eigenvalue weighted by Crippen LogP contribution is 2.69. The minimum absolute atomic E-state index is 0.000150. The second kappa shape index (κ2) is 17.6. The minimum atomic E-state index is -1.79. The summed E-state index contributed by atoms with van der Waals surface area (Å²) in [7, 11) is 1.36. The van der Waals surface area contributed by atoms with Crippen LogP contribution in [0.2, 0.25) is 0 Å². The van der Waals surface area contributed by atoms with Gasteiger partial charge in [0.25, 0.3) is 0 Å². The van der Waals surface area contributed by atoms with Crippen molar-refractivity contribution in [2.45, 2.75) is 175 Å². The van der Waals surface area contributed by atoms with Crippen molar-refractivity contribution in [2.75, 3.05) is 26.9 Å².